The third-order valence-electron chi connectivity index (χ3n) is 6.77. The highest BCUT2D eigenvalue weighted by atomic mass is 16.5. The number of anilines is 2. The van der Waals surface area contributed by atoms with E-state index < -0.39 is 6.10 Å². The molecule has 0 aliphatic heterocycles. The van der Waals surface area contributed by atoms with Crippen LogP contribution in [0.15, 0.2) is 79.0 Å². The number of ether oxygens (including phenoxy) is 3. The first-order valence-corrected chi connectivity index (χ1v) is 14.0. The molecule has 0 bridgehead atoms. The van der Waals surface area contributed by atoms with Gasteiger partial charge in [0.25, 0.3) is 0 Å². The van der Waals surface area contributed by atoms with Crippen LogP contribution in [0.25, 0.3) is 10.9 Å². The minimum absolute atomic E-state index is 0.164. The number of aliphatic hydroxyl groups excluding tert-OH is 1. The number of rotatable bonds is 14. The fourth-order valence-electron chi connectivity index (χ4n) is 4.66. The van der Waals surface area contributed by atoms with Gasteiger partial charge in [0.1, 0.15) is 24.2 Å². The van der Waals surface area contributed by atoms with Gasteiger partial charge in [0.2, 0.25) is 0 Å². The zero-order valence-corrected chi connectivity index (χ0v) is 24.2. The number of methoxy groups -OCH3 is 1. The quantitative estimate of drug-likeness (QED) is 0.185. The van der Waals surface area contributed by atoms with Crippen LogP contribution in [0.5, 0.6) is 23.0 Å². The molecule has 0 saturated carbocycles. The Hall–Kier alpha value is -3.81. The van der Waals surface area contributed by atoms with Crippen LogP contribution in [0.2, 0.25) is 0 Å². The molecule has 0 aliphatic carbocycles. The lowest BCUT2D eigenvalue weighted by Crippen LogP contribution is -2.35. The lowest BCUT2D eigenvalue weighted by atomic mass is 10.1. The normalized spacial score (nSPS) is 12.1. The number of fused-ring (bicyclic) bond motifs is 1. The number of likely N-dealkylation sites (N-methyl/N-ethyl adjacent to an activating group) is 1. The van der Waals surface area contributed by atoms with Crippen molar-refractivity contribution < 1.29 is 19.3 Å². The van der Waals surface area contributed by atoms with Crippen LogP contribution in [-0.2, 0) is 0 Å². The van der Waals surface area contributed by atoms with E-state index in [-0.39, 0.29) is 6.61 Å². The number of hydrogen-bond donors (Lipinski definition) is 1. The summed E-state index contributed by atoms with van der Waals surface area (Å²) in [6.07, 6.45) is 1.11. The molecule has 1 heterocycles. The molecule has 0 amide bonds. The predicted molar refractivity (Wildman–Crippen MR) is 162 cm³/mol. The third kappa shape index (κ3) is 7.43. The van der Waals surface area contributed by atoms with E-state index in [2.05, 4.69) is 78.9 Å². The second-order valence-electron chi connectivity index (χ2n) is 10.2. The van der Waals surface area contributed by atoms with Crippen molar-refractivity contribution in [1.29, 1.82) is 0 Å². The summed E-state index contributed by atoms with van der Waals surface area (Å²) in [7, 11) is 1.60. The molecule has 1 unspecified atom stereocenters. The van der Waals surface area contributed by atoms with Crippen LogP contribution in [0.3, 0.4) is 0 Å². The monoisotopic (exact) mass is 543 g/mol. The van der Waals surface area contributed by atoms with Gasteiger partial charge in [-0.3, -0.25) is 4.98 Å². The Kier molecular flexibility index (Phi) is 10.2. The number of aliphatic hydroxyl groups is 1. The largest absolute Gasteiger partial charge is 0.493 e. The Morgan fingerprint density at radius 2 is 1.52 bits per heavy atom. The Balaban J connectivity index is 1.53. The van der Waals surface area contributed by atoms with E-state index in [0.29, 0.717) is 29.7 Å². The zero-order valence-electron chi connectivity index (χ0n) is 24.2. The molecule has 0 saturated heterocycles. The van der Waals surface area contributed by atoms with Gasteiger partial charge < -0.3 is 29.1 Å². The van der Waals surface area contributed by atoms with Gasteiger partial charge in [0.05, 0.1) is 12.6 Å². The molecule has 3 aromatic carbocycles. The standard InChI is InChI=1S/C33H41N3O4/c1-6-35(7-2)22-27(37)23-39-33-20-30-29(19-32(33)38-5)31(17-18-34-30)40-28-15-13-26(14-16-28)36(21-24(3)4)25-11-9-8-10-12-25/h8-20,24,27,37H,6-7,21-23H2,1-5H3. The van der Waals surface area contributed by atoms with Crippen LogP contribution < -0.4 is 19.1 Å². The maximum Gasteiger partial charge on any atom is 0.163 e. The van der Waals surface area contributed by atoms with Gasteiger partial charge in [0.15, 0.2) is 11.5 Å². The molecule has 40 heavy (non-hydrogen) atoms. The number of benzene rings is 3. The molecular weight excluding hydrogens is 502 g/mol. The van der Waals surface area contributed by atoms with Gasteiger partial charge in [-0.25, -0.2) is 0 Å². The summed E-state index contributed by atoms with van der Waals surface area (Å²) in [5, 5.41) is 11.3. The first-order chi connectivity index (χ1) is 19.4. The topological polar surface area (TPSA) is 67.3 Å². The minimum atomic E-state index is -0.607. The van der Waals surface area contributed by atoms with Crippen LogP contribution in [0.4, 0.5) is 11.4 Å². The number of aromatic nitrogens is 1. The zero-order chi connectivity index (χ0) is 28.5. The van der Waals surface area contributed by atoms with Crippen molar-refractivity contribution in [3.05, 3.63) is 79.0 Å². The molecule has 0 fully saturated rings. The van der Waals surface area contributed by atoms with Crippen molar-refractivity contribution in [2.24, 2.45) is 5.92 Å². The van der Waals surface area contributed by atoms with Crippen LogP contribution in [0.1, 0.15) is 27.7 Å². The highest BCUT2D eigenvalue weighted by molar-refractivity contribution is 5.88. The number of pyridine rings is 1. The maximum absolute atomic E-state index is 10.4. The molecule has 7 heteroatoms. The first-order valence-electron chi connectivity index (χ1n) is 14.0. The Morgan fingerprint density at radius 1 is 0.825 bits per heavy atom. The summed E-state index contributed by atoms with van der Waals surface area (Å²) in [5.74, 6) is 3.00. The van der Waals surface area contributed by atoms with Gasteiger partial charge in [0, 0.05) is 42.1 Å². The highest BCUT2D eigenvalue weighted by Gasteiger charge is 2.16. The molecule has 212 valence electrons. The maximum atomic E-state index is 10.4. The number of para-hydroxylation sites is 1. The Morgan fingerprint density at radius 3 is 2.17 bits per heavy atom. The molecule has 4 aromatic rings. The smallest absolute Gasteiger partial charge is 0.163 e. The lowest BCUT2D eigenvalue weighted by Gasteiger charge is -2.27. The number of nitrogens with zero attached hydrogens (tertiary/aromatic N) is 3. The summed E-state index contributed by atoms with van der Waals surface area (Å²) in [5.41, 5.74) is 2.99. The van der Waals surface area contributed by atoms with E-state index in [0.717, 1.165) is 47.7 Å². The van der Waals surface area contributed by atoms with E-state index in [4.69, 9.17) is 14.2 Å². The van der Waals surface area contributed by atoms with E-state index in [1.165, 1.54) is 0 Å². The molecule has 0 aliphatic rings. The second kappa shape index (κ2) is 14.0. The van der Waals surface area contributed by atoms with Crippen LogP contribution in [-0.4, -0.2) is 61.0 Å². The molecule has 0 spiro atoms. The average molecular weight is 544 g/mol. The molecule has 1 aromatic heterocycles. The fourth-order valence-corrected chi connectivity index (χ4v) is 4.66. The van der Waals surface area contributed by atoms with Crippen molar-refractivity contribution >= 4 is 22.3 Å². The van der Waals surface area contributed by atoms with E-state index in [9.17, 15) is 5.11 Å². The Bertz CT molecular complexity index is 1340. The van der Waals surface area contributed by atoms with Gasteiger partial charge in [-0.1, -0.05) is 45.9 Å². The number of hydrogen-bond acceptors (Lipinski definition) is 7. The van der Waals surface area contributed by atoms with Crippen LogP contribution >= 0.6 is 0 Å². The lowest BCUT2D eigenvalue weighted by molar-refractivity contribution is 0.0706. The summed E-state index contributed by atoms with van der Waals surface area (Å²) >= 11 is 0. The SMILES string of the molecule is CCN(CC)CC(O)COc1cc2nccc(Oc3ccc(N(CC(C)C)c4ccccc4)cc3)c2cc1OC. The van der Waals surface area contributed by atoms with Gasteiger partial charge in [-0.05, 0) is 67.5 Å². The molecule has 7 nitrogen and oxygen atoms in total. The van der Waals surface area contributed by atoms with Gasteiger partial charge in [-0.2, -0.15) is 0 Å². The van der Waals surface area contributed by atoms with E-state index >= 15 is 0 Å². The molecule has 1 atom stereocenters. The van der Waals surface area contributed by atoms with Gasteiger partial charge >= 0.3 is 0 Å². The summed E-state index contributed by atoms with van der Waals surface area (Å²) in [6.45, 7) is 12.0. The van der Waals surface area contributed by atoms with Crippen molar-refractivity contribution in [2.75, 3.05) is 44.8 Å². The Labute approximate surface area is 237 Å². The molecule has 4 rings (SSSR count). The molecule has 0 radical (unpaired) electrons. The van der Waals surface area contributed by atoms with Gasteiger partial charge in [-0.15, -0.1) is 0 Å². The van der Waals surface area contributed by atoms with Crippen molar-refractivity contribution in [3.8, 4) is 23.0 Å². The molecular formula is C33H41N3O4. The van der Waals surface area contributed by atoms with Crippen molar-refractivity contribution in [1.82, 2.24) is 9.88 Å². The van der Waals surface area contributed by atoms with E-state index in [1.54, 1.807) is 13.3 Å². The predicted octanol–water partition coefficient (Wildman–Crippen LogP) is 6.91. The minimum Gasteiger partial charge on any atom is -0.493 e. The first kappa shape index (κ1) is 29.2. The van der Waals surface area contributed by atoms with Crippen molar-refractivity contribution in [3.63, 3.8) is 0 Å². The second-order valence-corrected chi connectivity index (χ2v) is 10.2. The summed E-state index contributed by atoms with van der Waals surface area (Å²) < 4.78 is 17.9. The average Bonchev–Trinajstić information content (AvgIpc) is 2.98. The summed E-state index contributed by atoms with van der Waals surface area (Å²) in [4.78, 5) is 9.01. The highest BCUT2D eigenvalue weighted by Crippen LogP contribution is 2.37. The van der Waals surface area contributed by atoms with E-state index in [1.807, 2.05) is 36.4 Å². The fraction of sp³-hybridized carbons (Fsp3) is 0.364. The van der Waals surface area contributed by atoms with Crippen LogP contribution in [0, 0.1) is 5.92 Å². The summed E-state index contributed by atoms with van der Waals surface area (Å²) in [6, 6.07) is 24.1. The van der Waals surface area contributed by atoms with Crippen molar-refractivity contribution in [2.45, 2.75) is 33.8 Å². The molecule has 1 N–H and O–H groups in total. The third-order valence-corrected chi connectivity index (χ3v) is 6.77.